The molecule has 0 saturated heterocycles. The molecule has 1 aromatic rings. The number of rotatable bonds is 2. The van der Waals surface area contributed by atoms with Gasteiger partial charge < -0.3 is 10.1 Å². The Bertz CT molecular complexity index is 655. The number of fused-ring (bicyclic) bond motifs is 2. The first-order valence-electron chi connectivity index (χ1n) is 8.41. The van der Waals surface area contributed by atoms with Crippen molar-refractivity contribution in [3.05, 3.63) is 36.3 Å². The maximum Gasteiger partial charge on any atom is 0.224 e. The Hall–Kier alpha value is -2.17. The first-order valence-corrected chi connectivity index (χ1v) is 8.41. The minimum absolute atomic E-state index is 0.0340. The van der Waals surface area contributed by atoms with Crippen LogP contribution in [0.4, 0.5) is 0 Å². The molecule has 1 aromatic heterocycles. The molecule has 0 spiro atoms. The number of hydrogen-bond acceptors (Lipinski definition) is 4. The highest BCUT2D eigenvalue weighted by atomic mass is 16.5. The zero-order valence-electron chi connectivity index (χ0n) is 13.0. The molecule has 3 heterocycles. The molecule has 4 rings (SSSR count). The summed E-state index contributed by atoms with van der Waals surface area (Å²) in [6.07, 6.45) is 11.6. The van der Waals surface area contributed by atoms with E-state index in [1.165, 1.54) is 0 Å². The number of carbonyl (C=O) groups excluding carboxylic acids is 1. The van der Waals surface area contributed by atoms with E-state index < -0.39 is 0 Å². The molecule has 2 aliphatic heterocycles. The number of hydrogen-bond donors (Lipinski definition) is 1. The maximum absolute atomic E-state index is 12.9. The van der Waals surface area contributed by atoms with Crippen LogP contribution in [0, 0.1) is 17.8 Å². The summed E-state index contributed by atoms with van der Waals surface area (Å²) in [5.41, 5.74) is 0.847. The number of carbonyl (C=O) groups is 1. The predicted octanol–water partition coefficient (Wildman–Crippen LogP) is 2.65. The van der Waals surface area contributed by atoms with Gasteiger partial charge in [0.2, 0.25) is 5.91 Å². The van der Waals surface area contributed by atoms with E-state index in [1.807, 2.05) is 24.5 Å². The van der Waals surface area contributed by atoms with Crippen LogP contribution in [-0.4, -0.2) is 23.7 Å². The fourth-order valence-corrected chi connectivity index (χ4v) is 3.95. The van der Waals surface area contributed by atoms with Gasteiger partial charge in [0.1, 0.15) is 11.4 Å². The number of nitrogens with zero attached hydrogens (tertiary/aromatic N) is 2. The van der Waals surface area contributed by atoms with Gasteiger partial charge in [0, 0.05) is 36.9 Å². The first kappa shape index (κ1) is 14.4. The fourth-order valence-electron chi connectivity index (χ4n) is 3.95. The van der Waals surface area contributed by atoms with E-state index >= 15 is 0 Å². The summed E-state index contributed by atoms with van der Waals surface area (Å²) >= 11 is 0. The Morgan fingerprint density at radius 1 is 1.30 bits per heavy atom. The molecule has 1 N–H and O–H groups in total. The van der Waals surface area contributed by atoms with Crippen LogP contribution in [0.15, 0.2) is 35.6 Å². The van der Waals surface area contributed by atoms with E-state index in [4.69, 9.17) is 4.74 Å². The second kappa shape index (κ2) is 6.14. The van der Waals surface area contributed by atoms with Gasteiger partial charge in [-0.25, -0.2) is 0 Å². The average molecular weight is 311 g/mol. The Morgan fingerprint density at radius 3 is 3.22 bits per heavy atom. The van der Waals surface area contributed by atoms with Crippen molar-refractivity contribution in [1.82, 2.24) is 10.3 Å². The Labute approximate surface area is 135 Å². The normalized spacial score (nSPS) is 31.7. The number of allylic oxidation sites excluding steroid dienone is 1. The lowest BCUT2D eigenvalue weighted by molar-refractivity contribution is -0.128. The fraction of sp³-hybridized carbons (Fsp3) is 0.500. The number of pyridine rings is 1. The lowest BCUT2D eigenvalue weighted by Gasteiger charge is -2.36. The van der Waals surface area contributed by atoms with Gasteiger partial charge in [0.25, 0.3) is 0 Å². The third-order valence-corrected chi connectivity index (χ3v) is 5.13. The van der Waals surface area contributed by atoms with Gasteiger partial charge in [-0.1, -0.05) is 12.5 Å². The van der Waals surface area contributed by atoms with Crippen molar-refractivity contribution < 1.29 is 9.53 Å². The molecule has 0 radical (unpaired) electrons. The van der Waals surface area contributed by atoms with Crippen molar-refractivity contribution in [3.63, 3.8) is 0 Å². The molecule has 3 aliphatic rings. The molecule has 120 valence electrons. The van der Waals surface area contributed by atoms with Crippen molar-refractivity contribution in [2.45, 2.75) is 31.7 Å². The third kappa shape index (κ3) is 2.76. The van der Waals surface area contributed by atoms with E-state index in [9.17, 15) is 4.79 Å². The molecule has 1 saturated carbocycles. The zero-order chi connectivity index (χ0) is 15.6. The van der Waals surface area contributed by atoms with Gasteiger partial charge in [0.05, 0.1) is 12.6 Å². The summed E-state index contributed by atoms with van der Waals surface area (Å²) in [6.45, 7) is 0.618. The number of nitrogens with one attached hydrogen (secondary N) is 1. The number of ether oxygens (including phenoxy) is 1. The van der Waals surface area contributed by atoms with E-state index in [0.717, 1.165) is 37.1 Å². The highest BCUT2D eigenvalue weighted by molar-refractivity contribution is 5.81. The van der Waals surface area contributed by atoms with Gasteiger partial charge in [-0.2, -0.15) is 0 Å². The molecule has 5 heteroatoms. The molecule has 1 aliphatic carbocycles. The predicted molar refractivity (Wildman–Crippen MR) is 87.2 cm³/mol. The van der Waals surface area contributed by atoms with Gasteiger partial charge in [0.15, 0.2) is 0 Å². The van der Waals surface area contributed by atoms with Crippen molar-refractivity contribution in [3.8, 4) is 5.75 Å². The minimum atomic E-state index is -0.0472. The third-order valence-electron chi connectivity index (χ3n) is 5.13. The second-order valence-corrected chi connectivity index (χ2v) is 6.50. The van der Waals surface area contributed by atoms with Gasteiger partial charge in [-0.15, -0.1) is 0 Å². The molecule has 0 bridgehead atoms. The number of aromatic nitrogens is 1. The lowest BCUT2D eigenvalue weighted by atomic mass is 9.71. The van der Waals surface area contributed by atoms with Crippen molar-refractivity contribution >= 4 is 12.1 Å². The summed E-state index contributed by atoms with van der Waals surface area (Å²) in [7, 11) is 0. The van der Waals surface area contributed by atoms with E-state index in [0.29, 0.717) is 12.5 Å². The Kier molecular flexibility index (Phi) is 3.85. The standard InChI is InChI=1S/C18H21N3O2/c22-18(14-4-1-3-12-11-19-9-6-13(12)14)21-15-7-10-23-16-5-2-8-20-17(15)16/h2,5-6,8-9,11-15H,1,3-4,7,10H2,(H,21,22). The van der Waals surface area contributed by atoms with Crippen LogP contribution < -0.4 is 10.1 Å². The molecule has 1 fully saturated rings. The van der Waals surface area contributed by atoms with E-state index in [-0.39, 0.29) is 23.8 Å². The van der Waals surface area contributed by atoms with Crippen molar-refractivity contribution in [1.29, 1.82) is 0 Å². The van der Waals surface area contributed by atoms with Crippen LogP contribution in [0.2, 0.25) is 0 Å². The first-order chi connectivity index (χ1) is 11.3. The molecule has 23 heavy (non-hydrogen) atoms. The van der Waals surface area contributed by atoms with Crippen LogP contribution in [0.3, 0.4) is 0 Å². The van der Waals surface area contributed by atoms with Gasteiger partial charge >= 0.3 is 0 Å². The molecular weight excluding hydrogens is 290 g/mol. The second-order valence-electron chi connectivity index (χ2n) is 6.50. The molecule has 0 aromatic carbocycles. The molecule has 5 nitrogen and oxygen atoms in total. The smallest absolute Gasteiger partial charge is 0.224 e. The van der Waals surface area contributed by atoms with Crippen molar-refractivity contribution in [2.24, 2.45) is 22.7 Å². The number of amides is 1. The SMILES string of the molecule is O=C(NC1CCOc2cccnc21)C1CCCC2C=NC=CC21. The van der Waals surface area contributed by atoms with E-state index in [2.05, 4.69) is 21.4 Å². The zero-order valence-corrected chi connectivity index (χ0v) is 13.0. The maximum atomic E-state index is 12.9. The average Bonchev–Trinajstić information content (AvgIpc) is 2.61. The quantitative estimate of drug-likeness (QED) is 0.913. The minimum Gasteiger partial charge on any atom is -0.491 e. The van der Waals surface area contributed by atoms with Crippen LogP contribution in [0.5, 0.6) is 5.75 Å². The van der Waals surface area contributed by atoms with Gasteiger partial charge in [-0.05, 0) is 30.9 Å². The molecular formula is C18H21N3O2. The van der Waals surface area contributed by atoms with E-state index in [1.54, 1.807) is 6.20 Å². The van der Waals surface area contributed by atoms with Crippen LogP contribution in [-0.2, 0) is 4.79 Å². The summed E-state index contributed by atoms with van der Waals surface area (Å²) in [6, 6.07) is 3.73. The molecule has 4 unspecified atom stereocenters. The number of aliphatic imine (C=N–C) groups is 1. The van der Waals surface area contributed by atoms with Gasteiger partial charge in [-0.3, -0.25) is 14.8 Å². The van der Waals surface area contributed by atoms with Crippen molar-refractivity contribution in [2.75, 3.05) is 6.61 Å². The Morgan fingerprint density at radius 2 is 2.26 bits per heavy atom. The topological polar surface area (TPSA) is 63.6 Å². The van der Waals surface area contributed by atoms with Crippen LogP contribution >= 0.6 is 0 Å². The summed E-state index contributed by atoms with van der Waals surface area (Å²) in [4.78, 5) is 21.5. The highest BCUT2D eigenvalue weighted by Crippen LogP contribution is 2.37. The molecule has 4 atom stereocenters. The summed E-state index contributed by atoms with van der Waals surface area (Å²) < 4.78 is 5.62. The monoisotopic (exact) mass is 311 g/mol. The summed E-state index contributed by atoms with van der Waals surface area (Å²) in [5.74, 6) is 1.65. The summed E-state index contributed by atoms with van der Waals surface area (Å²) in [5, 5.41) is 3.22. The largest absolute Gasteiger partial charge is 0.491 e. The van der Waals surface area contributed by atoms with Crippen LogP contribution in [0.25, 0.3) is 0 Å². The Balaban J connectivity index is 1.50. The lowest BCUT2D eigenvalue weighted by Crippen LogP contribution is -2.42. The van der Waals surface area contributed by atoms with Crippen LogP contribution in [0.1, 0.15) is 37.4 Å². The highest BCUT2D eigenvalue weighted by Gasteiger charge is 2.37. The molecule has 1 amide bonds.